The van der Waals surface area contributed by atoms with E-state index >= 15 is 0 Å². The molecular formula is C29H46BrN6O6P. The van der Waals surface area contributed by atoms with Gasteiger partial charge in [-0.15, -0.1) is 0 Å². The second-order valence-corrected chi connectivity index (χ2v) is 11.5. The quantitative estimate of drug-likeness (QED) is 0.153. The number of carbonyl (C=O) groups is 1. The lowest BCUT2D eigenvalue weighted by Crippen LogP contribution is -2.31. The third-order valence-corrected chi connectivity index (χ3v) is 6.40. The minimum Gasteiger partial charge on any atom is -0.464 e. The molecular weight excluding hydrogens is 639 g/mol. The minimum atomic E-state index is -0.516. The van der Waals surface area contributed by atoms with Gasteiger partial charge in [-0.2, -0.15) is 5.10 Å². The Kier molecular flexibility index (Phi) is 20.3. The molecule has 1 aromatic carbocycles. The number of carbonyl (C=O) groups excluding carboxylic acids is 1. The maximum Gasteiger partial charge on any atom is 0.322 e. The van der Waals surface area contributed by atoms with Crippen molar-refractivity contribution in [2.75, 3.05) is 26.1 Å². The summed E-state index contributed by atoms with van der Waals surface area (Å²) in [5.41, 5.74) is 13.0. The van der Waals surface area contributed by atoms with Crippen molar-refractivity contribution in [1.29, 1.82) is 5.26 Å². The molecule has 3 heterocycles. The number of hydrogen-bond acceptors (Lipinski definition) is 11. The average Bonchev–Trinajstić information content (AvgIpc) is 3.66. The average molecular weight is 686 g/mol. The minimum absolute atomic E-state index is 0.0175. The highest BCUT2D eigenvalue weighted by Crippen LogP contribution is 2.35. The van der Waals surface area contributed by atoms with E-state index in [1.807, 2.05) is 71.0 Å². The van der Waals surface area contributed by atoms with Gasteiger partial charge in [-0.05, 0) is 61.6 Å². The van der Waals surface area contributed by atoms with Crippen LogP contribution in [0.2, 0.25) is 0 Å². The van der Waals surface area contributed by atoms with Crippen LogP contribution in [0.1, 0.15) is 66.2 Å². The van der Waals surface area contributed by atoms with E-state index in [0.29, 0.717) is 19.0 Å². The molecule has 1 aliphatic rings. The molecule has 12 nitrogen and oxygen atoms in total. The van der Waals surface area contributed by atoms with Gasteiger partial charge in [0.05, 0.1) is 25.0 Å². The van der Waals surface area contributed by atoms with Crippen LogP contribution in [0, 0.1) is 17.2 Å². The van der Waals surface area contributed by atoms with Gasteiger partial charge in [-0.3, -0.25) is 4.79 Å². The van der Waals surface area contributed by atoms with E-state index in [2.05, 4.69) is 32.6 Å². The second-order valence-electron chi connectivity index (χ2n) is 9.93. The Balaban J connectivity index is 0.000000878. The van der Waals surface area contributed by atoms with Crippen LogP contribution in [0.3, 0.4) is 0 Å². The van der Waals surface area contributed by atoms with Crippen LogP contribution in [-0.2, 0) is 18.8 Å². The highest BCUT2D eigenvalue weighted by Gasteiger charge is 2.29. The number of rotatable bonds is 8. The number of hydrogen-bond donors (Lipinski definition) is 3. The van der Waals surface area contributed by atoms with Crippen molar-refractivity contribution in [2.45, 2.75) is 72.6 Å². The van der Waals surface area contributed by atoms with Crippen LogP contribution in [0.15, 0.2) is 47.2 Å². The van der Waals surface area contributed by atoms with E-state index in [4.69, 9.17) is 40.4 Å². The molecule has 240 valence electrons. The van der Waals surface area contributed by atoms with E-state index in [0.717, 1.165) is 41.4 Å². The fourth-order valence-corrected chi connectivity index (χ4v) is 4.20. The molecule has 1 fully saturated rings. The monoisotopic (exact) mass is 684 g/mol. The summed E-state index contributed by atoms with van der Waals surface area (Å²) in [6, 6.07) is 11.1. The number of fused-ring (bicyclic) bond motifs is 1. The summed E-state index contributed by atoms with van der Waals surface area (Å²) in [6.45, 7) is 16.1. The van der Waals surface area contributed by atoms with E-state index < -0.39 is 6.04 Å². The van der Waals surface area contributed by atoms with Gasteiger partial charge in [0.25, 0.3) is 0 Å². The maximum absolute atomic E-state index is 10.8. The van der Waals surface area contributed by atoms with Crippen molar-refractivity contribution in [3.8, 4) is 12.3 Å². The number of nitrogens with two attached hydrogens (primary N) is 2. The predicted octanol–water partition coefficient (Wildman–Crippen LogP) is 5.60. The van der Waals surface area contributed by atoms with E-state index in [-0.39, 0.29) is 32.6 Å². The molecule has 4 unspecified atom stereocenters. The number of nitriles is 1. The van der Waals surface area contributed by atoms with Crippen molar-refractivity contribution in [1.82, 2.24) is 14.6 Å². The van der Waals surface area contributed by atoms with Crippen LogP contribution in [0.25, 0.3) is 5.52 Å². The van der Waals surface area contributed by atoms with Crippen LogP contribution in [-0.4, -0.2) is 58.1 Å². The number of aliphatic hydroxyl groups is 1. The summed E-state index contributed by atoms with van der Waals surface area (Å²) >= 11 is 3.40. The van der Waals surface area contributed by atoms with E-state index in [9.17, 15) is 4.79 Å². The lowest BCUT2D eigenvalue weighted by atomic mass is 9.99. The molecule has 43 heavy (non-hydrogen) atoms. The first-order valence-corrected chi connectivity index (χ1v) is 15.3. The van der Waals surface area contributed by atoms with E-state index in [1.54, 1.807) is 11.4 Å². The molecule has 0 radical (unpaired) electrons. The standard InChI is InChI=1S/C17H18BrN4O3P.C8H17NO2.C2H6.CHN.CH4O/c18-11-1-3-12(4-2-11)25-26-23-9-13-5-8-16(24-13)14-6-7-15-17(19)20-10-21-22(14)15;1-6(9)7(10)11-5-8(2,3)4;3*1-2/h1-4,6-7,10,13,16,26H,5,8-9H2,(H2,19,20,21);6H,5,9H2,1-4H3;1-2H3;1H;2H,1H3. The van der Waals surface area contributed by atoms with Crippen molar-refractivity contribution in [2.24, 2.45) is 11.1 Å². The zero-order valence-corrected chi connectivity index (χ0v) is 28.6. The van der Waals surface area contributed by atoms with Crippen LogP contribution in [0.4, 0.5) is 5.82 Å². The SMILES string of the molecule is C#N.CC.CC(N)C(=O)OCC(C)(C)C.CO.Nc1ncnn2c(C3CCC(COPOc4ccc(Br)cc4)O3)ccc12. The largest absolute Gasteiger partial charge is 0.464 e. The number of aromatic nitrogens is 3. The lowest BCUT2D eigenvalue weighted by Gasteiger charge is -2.18. The number of ether oxygens (including phenoxy) is 2. The Bertz CT molecular complexity index is 1200. The lowest BCUT2D eigenvalue weighted by molar-refractivity contribution is -0.147. The molecule has 1 saturated heterocycles. The van der Waals surface area contributed by atoms with E-state index in [1.165, 1.54) is 6.33 Å². The fraction of sp³-hybridized carbons (Fsp3) is 0.517. The molecule has 0 amide bonds. The summed E-state index contributed by atoms with van der Waals surface area (Å²) in [5, 5.41) is 17.8. The number of nitrogen functional groups attached to an aromatic ring is 1. The normalized spacial score (nSPS) is 16.3. The van der Waals surface area contributed by atoms with Gasteiger partial charge in [0, 0.05) is 18.2 Å². The van der Waals surface area contributed by atoms with Gasteiger partial charge in [0.15, 0.2) is 5.82 Å². The Morgan fingerprint density at radius 3 is 2.42 bits per heavy atom. The summed E-state index contributed by atoms with van der Waals surface area (Å²) in [7, 11) is 0.943. The molecule has 0 aliphatic carbocycles. The molecule has 0 saturated carbocycles. The molecule has 1 aliphatic heterocycles. The molecule has 4 atom stereocenters. The molecule has 5 N–H and O–H groups in total. The van der Waals surface area contributed by atoms with Crippen LogP contribution in [0.5, 0.6) is 5.75 Å². The first-order valence-electron chi connectivity index (χ1n) is 13.7. The Labute approximate surface area is 265 Å². The molecule has 2 aromatic heterocycles. The predicted molar refractivity (Wildman–Crippen MR) is 174 cm³/mol. The second kappa shape index (κ2) is 21.8. The van der Waals surface area contributed by atoms with Crippen molar-refractivity contribution < 1.29 is 28.4 Å². The number of benzene rings is 1. The summed E-state index contributed by atoms with van der Waals surface area (Å²) in [5.74, 6) is 0.920. The first kappa shape index (κ1) is 40.1. The fourth-order valence-electron chi connectivity index (χ4n) is 3.39. The molecule has 0 spiro atoms. The number of nitrogens with zero attached hydrogens (tertiary/aromatic N) is 4. The number of aliphatic hydroxyl groups excluding tert-OH is 1. The summed E-state index contributed by atoms with van der Waals surface area (Å²) < 4.78 is 25.1. The van der Waals surface area contributed by atoms with Gasteiger partial charge < -0.3 is 35.1 Å². The van der Waals surface area contributed by atoms with Gasteiger partial charge in [-0.25, -0.2) is 14.8 Å². The molecule has 14 heteroatoms. The smallest absolute Gasteiger partial charge is 0.322 e. The van der Waals surface area contributed by atoms with Gasteiger partial charge in [-0.1, -0.05) is 50.5 Å². The van der Waals surface area contributed by atoms with Crippen molar-refractivity contribution in [3.05, 3.63) is 52.9 Å². The van der Waals surface area contributed by atoms with Gasteiger partial charge >= 0.3 is 5.97 Å². The van der Waals surface area contributed by atoms with Gasteiger partial charge in [0.1, 0.15) is 29.7 Å². The topological polar surface area (TPSA) is 180 Å². The number of esters is 1. The first-order chi connectivity index (χ1) is 20.5. The molecule has 3 aromatic rings. The molecule has 0 bridgehead atoms. The van der Waals surface area contributed by atoms with Crippen LogP contribution < -0.4 is 16.0 Å². The summed E-state index contributed by atoms with van der Waals surface area (Å²) in [4.78, 5) is 14.9. The maximum atomic E-state index is 10.8. The molecule has 4 rings (SSSR count). The highest BCUT2D eigenvalue weighted by molar-refractivity contribution is 9.10. The highest BCUT2D eigenvalue weighted by atomic mass is 79.9. The van der Waals surface area contributed by atoms with Crippen molar-refractivity contribution in [3.63, 3.8) is 0 Å². The van der Waals surface area contributed by atoms with Crippen LogP contribution >= 0.6 is 25.0 Å². The summed E-state index contributed by atoms with van der Waals surface area (Å²) in [6.07, 6.45) is 3.34. The zero-order valence-electron chi connectivity index (χ0n) is 26.0. The Hall–Kier alpha value is -2.85. The Morgan fingerprint density at radius 1 is 1.21 bits per heavy atom. The number of anilines is 1. The van der Waals surface area contributed by atoms with Gasteiger partial charge in [0.2, 0.25) is 9.03 Å². The third-order valence-electron chi connectivity index (χ3n) is 5.27. The third kappa shape index (κ3) is 14.9. The Morgan fingerprint density at radius 2 is 1.84 bits per heavy atom. The number of halogens is 1. The zero-order chi connectivity index (χ0) is 33.0. The van der Waals surface area contributed by atoms with Crippen molar-refractivity contribution >= 4 is 42.3 Å².